The minimum atomic E-state index is -0.702. The van der Waals surface area contributed by atoms with E-state index in [9.17, 15) is 9.59 Å². The van der Waals surface area contributed by atoms with Gasteiger partial charge in [0.2, 0.25) is 0 Å². The number of amides is 1. The molecule has 1 aromatic heterocycles. The van der Waals surface area contributed by atoms with Crippen LogP contribution in [0.1, 0.15) is 51.3 Å². The van der Waals surface area contributed by atoms with Gasteiger partial charge in [-0.2, -0.15) is 0 Å². The van der Waals surface area contributed by atoms with Crippen LogP contribution in [0.3, 0.4) is 0 Å². The van der Waals surface area contributed by atoms with Crippen LogP contribution in [0.25, 0.3) is 16.8 Å². The fourth-order valence-corrected chi connectivity index (χ4v) is 6.36. The van der Waals surface area contributed by atoms with Gasteiger partial charge in [0.1, 0.15) is 17.5 Å². The second-order valence-electron chi connectivity index (χ2n) is 9.88. The van der Waals surface area contributed by atoms with E-state index >= 15 is 0 Å². The largest absolute Gasteiger partial charge is 0.496 e. The van der Waals surface area contributed by atoms with Gasteiger partial charge < -0.3 is 14.4 Å². The van der Waals surface area contributed by atoms with Crippen LogP contribution in [0.5, 0.6) is 11.5 Å². The first kappa shape index (κ1) is 28.4. The van der Waals surface area contributed by atoms with Crippen LogP contribution in [-0.2, 0) is 4.79 Å². The van der Waals surface area contributed by atoms with Crippen molar-refractivity contribution in [3.8, 4) is 11.5 Å². The zero-order chi connectivity index (χ0) is 29.1. The smallest absolute Gasteiger partial charge is 0.271 e. The Labute approximate surface area is 243 Å². The highest BCUT2D eigenvalue weighted by Crippen LogP contribution is 2.40. The quantitative estimate of drug-likeness (QED) is 0.283. The minimum Gasteiger partial charge on any atom is -0.496 e. The second-order valence-corrected chi connectivity index (χ2v) is 10.9. The van der Waals surface area contributed by atoms with Crippen LogP contribution < -0.4 is 24.4 Å². The lowest BCUT2D eigenvalue weighted by atomic mass is 9.90. The van der Waals surface area contributed by atoms with Gasteiger partial charge in [-0.3, -0.25) is 14.2 Å². The zero-order valence-corrected chi connectivity index (χ0v) is 25.0. The van der Waals surface area contributed by atoms with E-state index in [0.717, 1.165) is 34.1 Å². The predicted octanol–water partition coefficient (Wildman–Crippen LogP) is 5.05. The van der Waals surface area contributed by atoms with Gasteiger partial charge in [0, 0.05) is 18.7 Å². The molecule has 0 bridgehead atoms. The normalized spacial score (nSPS) is 15.0. The Kier molecular flexibility index (Phi) is 8.40. The molecule has 0 saturated carbocycles. The van der Waals surface area contributed by atoms with Gasteiger partial charge in [-0.25, -0.2) is 4.99 Å². The molecule has 0 unspecified atom stereocenters. The first-order valence-electron chi connectivity index (χ1n) is 14.0. The summed E-state index contributed by atoms with van der Waals surface area (Å²) in [4.78, 5) is 35.4. The number of benzene rings is 3. The molecule has 0 spiro atoms. The monoisotopic (exact) mass is 569 g/mol. The second kappa shape index (κ2) is 12.1. The molecule has 0 N–H and O–H groups in total. The molecule has 8 heteroatoms. The molecule has 1 amide bonds. The molecule has 1 atom stereocenters. The van der Waals surface area contributed by atoms with E-state index in [1.165, 1.54) is 11.3 Å². The number of nitrogens with zero attached hydrogens (tertiary/aromatic N) is 3. The summed E-state index contributed by atoms with van der Waals surface area (Å²) in [7, 11) is 1.62. The Morgan fingerprint density at radius 1 is 1.05 bits per heavy atom. The topological polar surface area (TPSA) is 73.1 Å². The average molecular weight is 570 g/mol. The zero-order valence-electron chi connectivity index (χ0n) is 24.1. The van der Waals surface area contributed by atoms with Crippen molar-refractivity contribution in [1.82, 2.24) is 9.47 Å². The number of thiazole rings is 1. The number of likely N-dealkylation sites (N-methyl/N-ethyl adjacent to an activating group) is 1. The Balaban J connectivity index is 1.76. The Morgan fingerprint density at radius 3 is 2.46 bits per heavy atom. The summed E-state index contributed by atoms with van der Waals surface area (Å²) in [5.74, 6) is 1.28. The van der Waals surface area contributed by atoms with Crippen LogP contribution in [-0.4, -0.2) is 42.2 Å². The highest BCUT2D eigenvalue weighted by Gasteiger charge is 2.36. The van der Waals surface area contributed by atoms with Crippen molar-refractivity contribution in [2.45, 2.75) is 40.2 Å². The van der Waals surface area contributed by atoms with Gasteiger partial charge in [0.15, 0.2) is 4.80 Å². The average Bonchev–Trinajstić information content (AvgIpc) is 3.29. The molecular formula is C33H35N3O4S. The number of allylic oxidation sites excluding steroid dienone is 1. The van der Waals surface area contributed by atoms with Gasteiger partial charge in [-0.15, -0.1) is 0 Å². The van der Waals surface area contributed by atoms with E-state index in [4.69, 9.17) is 14.5 Å². The van der Waals surface area contributed by atoms with Crippen LogP contribution in [0.15, 0.2) is 81.7 Å². The maximum absolute atomic E-state index is 14.2. The summed E-state index contributed by atoms with van der Waals surface area (Å²) >= 11 is 1.33. The maximum Gasteiger partial charge on any atom is 0.271 e. The maximum atomic E-state index is 14.2. The number of fused-ring (bicyclic) bond motifs is 2. The van der Waals surface area contributed by atoms with Gasteiger partial charge in [0.05, 0.1) is 29.5 Å². The fourth-order valence-electron chi connectivity index (χ4n) is 5.32. The summed E-state index contributed by atoms with van der Waals surface area (Å²) < 4.78 is 13.8. The SMILES string of the molecule is CCCOc1ccc(/C=c2\sc3n(c2=O)[C@@H](c2c(OC)ccc4ccccc24)C(C(=O)N(CC)CC)=C(C)N=3)cc1. The van der Waals surface area contributed by atoms with Crippen molar-refractivity contribution in [3.05, 3.63) is 103 Å². The molecule has 212 valence electrons. The van der Waals surface area contributed by atoms with Gasteiger partial charge in [-0.05, 0) is 67.8 Å². The summed E-state index contributed by atoms with van der Waals surface area (Å²) in [6, 6.07) is 18.9. The third kappa shape index (κ3) is 5.32. The molecule has 1 aliphatic rings. The molecule has 0 aliphatic carbocycles. The summed E-state index contributed by atoms with van der Waals surface area (Å²) in [6.45, 7) is 9.59. The number of hydrogen-bond acceptors (Lipinski definition) is 6. The van der Waals surface area contributed by atoms with E-state index < -0.39 is 6.04 Å². The third-order valence-electron chi connectivity index (χ3n) is 7.38. The number of carbonyl (C=O) groups excluding carboxylic acids is 1. The molecule has 0 saturated heterocycles. The van der Waals surface area contributed by atoms with Crippen LogP contribution in [0.4, 0.5) is 0 Å². The Bertz CT molecular complexity index is 1800. The highest BCUT2D eigenvalue weighted by molar-refractivity contribution is 7.07. The van der Waals surface area contributed by atoms with Crippen molar-refractivity contribution in [1.29, 1.82) is 0 Å². The van der Waals surface area contributed by atoms with Gasteiger partial charge >= 0.3 is 0 Å². The number of ether oxygens (including phenoxy) is 2. The van der Waals surface area contributed by atoms with E-state index in [2.05, 4.69) is 6.92 Å². The summed E-state index contributed by atoms with van der Waals surface area (Å²) in [5.41, 5.74) is 2.55. The van der Waals surface area contributed by atoms with Crippen molar-refractivity contribution >= 4 is 34.1 Å². The molecule has 2 heterocycles. The number of methoxy groups -OCH3 is 1. The van der Waals surface area contributed by atoms with Crippen molar-refractivity contribution in [2.75, 3.05) is 26.8 Å². The third-order valence-corrected chi connectivity index (χ3v) is 8.36. The lowest BCUT2D eigenvalue weighted by Gasteiger charge is -2.30. The van der Waals surface area contributed by atoms with Gasteiger partial charge in [-0.1, -0.05) is 60.7 Å². The lowest BCUT2D eigenvalue weighted by Crippen LogP contribution is -2.43. The lowest BCUT2D eigenvalue weighted by molar-refractivity contribution is -0.127. The molecule has 7 nitrogen and oxygen atoms in total. The summed E-state index contributed by atoms with van der Waals surface area (Å²) in [5, 5.41) is 1.92. The standard InChI is InChI=1S/C33H35N3O4S/c1-6-19-40-24-16-13-22(14-17-24)20-27-31(37)36-30(29-25-12-10-9-11-23(25)15-18-26(29)39-5)28(21(4)34-33(36)41-27)32(38)35(7-2)8-3/h9-18,20,30H,6-8,19H2,1-5H3/b27-20-/t30-/m1/s1. The molecule has 5 rings (SSSR count). The van der Waals surface area contributed by atoms with Crippen molar-refractivity contribution in [3.63, 3.8) is 0 Å². The number of hydrogen-bond donors (Lipinski definition) is 0. The molecule has 0 radical (unpaired) electrons. The summed E-state index contributed by atoms with van der Waals surface area (Å²) in [6.07, 6.45) is 2.81. The van der Waals surface area contributed by atoms with Crippen molar-refractivity contribution in [2.24, 2.45) is 4.99 Å². The van der Waals surface area contributed by atoms with Crippen LogP contribution >= 0.6 is 11.3 Å². The van der Waals surface area contributed by atoms with E-state index in [0.29, 0.717) is 46.0 Å². The van der Waals surface area contributed by atoms with Gasteiger partial charge in [0.25, 0.3) is 11.5 Å². The molecule has 41 heavy (non-hydrogen) atoms. The van der Waals surface area contributed by atoms with E-state index in [1.807, 2.05) is 87.5 Å². The minimum absolute atomic E-state index is 0.131. The first-order valence-corrected chi connectivity index (χ1v) is 14.8. The van der Waals surface area contributed by atoms with Crippen LogP contribution in [0.2, 0.25) is 0 Å². The predicted molar refractivity (Wildman–Crippen MR) is 164 cm³/mol. The number of rotatable bonds is 9. The number of aromatic nitrogens is 1. The van der Waals surface area contributed by atoms with Crippen molar-refractivity contribution < 1.29 is 14.3 Å². The molecule has 1 aliphatic heterocycles. The Morgan fingerprint density at radius 2 is 1.78 bits per heavy atom. The van der Waals surface area contributed by atoms with E-state index in [-0.39, 0.29) is 11.5 Å². The van der Waals surface area contributed by atoms with Crippen LogP contribution in [0, 0.1) is 0 Å². The first-order chi connectivity index (χ1) is 19.9. The highest BCUT2D eigenvalue weighted by atomic mass is 32.1. The fraction of sp³-hybridized carbons (Fsp3) is 0.303. The van der Waals surface area contributed by atoms with E-state index in [1.54, 1.807) is 16.6 Å². The Hall–Kier alpha value is -4.17. The number of carbonyl (C=O) groups is 1. The molecule has 4 aromatic rings. The molecular weight excluding hydrogens is 534 g/mol. The molecule has 0 fully saturated rings. The molecule has 3 aromatic carbocycles.